The van der Waals surface area contributed by atoms with Crippen LogP contribution in [0.25, 0.3) is 0 Å². The van der Waals surface area contributed by atoms with Crippen LogP contribution in [0.4, 0.5) is 0 Å². The van der Waals surface area contributed by atoms with Crippen molar-refractivity contribution in [3.8, 4) is 5.75 Å². The Morgan fingerprint density at radius 1 is 1.35 bits per heavy atom. The van der Waals surface area contributed by atoms with Gasteiger partial charge in [0.15, 0.2) is 0 Å². The summed E-state index contributed by atoms with van der Waals surface area (Å²) in [6, 6.07) is 2.16. The van der Waals surface area contributed by atoms with E-state index in [1.54, 1.807) is 7.11 Å². The van der Waals surface area contributed by atoms with Crippen molar-refractivity contribution in [1.82, 2.24) is 5.48 Å². The van der Waals surface area contributed by atoms with Crippen molar-refractivity contribution in [3.05, 3.63) is 27.2 Å². The van der Waals surface area contributed by atoms with E-state index in [4.69, 9.17) is 9.94 Å². The van der Waals surface area contributed by atoms with Gasteiger partial charge in [0, 0.05) is 12.1 Å². The zero-order valence-electron chi connectivity index (χ0n) is 10.1. The maximum Gasteiger partial charge on any atom is 0.137 e. The van der Waals surface area contributed by atoms with E-state index in [-0.39, 0.29) is 0 Å². The fourth-order valence-electron chi connectivity index (χ4n) is 2.51. The first-order chi connectivity index (χ1) is 8.27. The zero-order chi connectivity index (χ0) is 12.3. The first kappa shape index (κ1) is 12.9. The second kappa shape index (κ2) is 5.85. The van der Waals surface area contributed by atoms with E-state index >= 15 is 0 Å². The fraction of sp³-hybridized carbons (Fsp3) is 0.538. The molecule has 0 aromatic heterocycles. The number of rotatable bonds is 3. The quantitative estimate of drug-likeness (QED) is 0.665. The largest absolute Gasteiger partial charge is 0.495 e. The summed E-state index contributed by atoms with van der Waals surface area (Å²) in [5.41, 5.74) is 5.98. The molecule has 2 N–H and O–H groups in total. The van der Waals surface area contributed by atoms with E-state index in [1.807, 2.05) is 0 Å². The molecule has 0 amide bonds. The van der Waals surface area contributed by atoms with Crippen LogP contribution in [0, 0.1) is 0 Å². The van der Waals surface area contributed by atoms with E-state index in [0.29, 0.717) is 6.54 Å². The number of methoxy groups -OCH3 is 1. The highest BCUT2D eigenvalue weighted by Crippen LogP contribution is 2.37. The van der Waals surface area contributed by atoms with E-state index in [1.165, 1.54) is 30.4 Å². The Bertz CT molecular complexity index is 406. The van der Waals surface area contributed by atoms with Gasteiger partial charge in [-0.3, -0.25) is 0 Å². The number of hydrogen-bond acceptors (Lipinski definition) is 3. The van der Waals surface area contributed by atoms with Gasteiger partial charge in [-0.25, -0.2) is 5.48 Å². The molecule has 0 atom stereocenters. The molecule has 0 saturated carbocycles. The molecule has 0 spiro atoms. The number of aryl methyl sites for hydroxylation is 1. The Morgan fingerprint density at radius 2 is 2.12 bits per heavy atom. The molecule has 1 aliphatic rings. The number of hydrogen-bond donors (Lipinski definition) is 2. The third kappa shape index (κ3) is 2.64. The predicted octanol–water partition coefficient (Wildman–Crippen LogP) is 3.21. The second-order valence-corrected chi connectivity index (χ2v) is 5.21. The number of halogens is 1. The summed E-state index contributed by atoms with van der Waals surface area (Å²) < 4.78 is 6.50. The highest BCUT2D eigenvalue weighted by Gasteiger charge is 2.18. The minimum absolute atomic E-state index is 0.412. The molecule has 3 nitrogen and oxygen atoms in total. The molecule has 1 aromatic rings. The highest BCUT2D eigenvalue weighted by molar-refractivity contribution is 9.10. The number of nitrogens with one attached hydrogen (secondary N) is 1. The van der Waals surface area contributed by atoms with Gasteiger partial charge < -0.3 is 9.94 Å². The average Bonchev–Trinajstić information content (AvgIpc) is 2.55. The Hall–Kier alpha value is -0.580. The van der Waals surface area contributed by atoms with Gasteiger partial charge in [0.2, 0.25) is 0 Å². The Balaban J connectivity index is 2.49. The smallest absolute Gasteiger partial charge is 0.137 e. The molecule has 4 heteroatoms. The van der Waals surface area contributed by atoms with Crippen LogP contribution in [-0.2, 0) is 19.4 Å². The molecular formula is C13H18BrNO2. The predicted molar refractivity (Wildman–Crippen MR) is 70.6 cm³/mol. The van der Waals surface area contributed by atoms with Crippen LogP contribution >= 0.6 is 15.9 Å². The number of ether oxygens (including phenoxy) is 1. The maximum atomic E-state index is 8.87. The first-order valence-corrected chi connectivity index (χ1v) is 6.81. The molecule has 17 heavy (non-hydrogen) atoms. The van der Waals surface area contributed by atoms with Crippen molar-refractivity contribution in [1.29, 1.82) is 0 Å². The van der Waals surface area contributed by atoms with Crippen molar-refractivity contribution in [2.24, 2.45) is 0 Å². The minimum atomic E-state index is 0.412. The molecule has 94 valence electrons. The van der Waals surface area contributed by atoms with Gasteiger partial charge in [-0.1, -0.05) is 12.5 Å². The summed E-state index contributed by atoms with van der Waals surface area (Å²) >= 11 is 3.65. The maximum absolute atomic E-state index is 8.87. The summed E-state index contributed by atoms with van der Waals surface area (Å²) in [5.74, 6) is 0.840. The number of benzene rings is 1. The van der Waals surface area contributed by atoms with E-state index in [2.05, 4.69) is 27.5 Å². The van der Waals surface area contributed by atoms with Gasteiger partial charge >= 0.3 is 0 Å². The van der Waals surface area contributed by atoms with Crippen LogP contribution in [0.2, 0.25) is 0 Å². The SMILES string of the molecule is COc1c(CNO)cc2c(c1Br)CCCCC2. The summed E-state index contributed by atoms with van der Waals surface area (Å²) in [6.45, 7) is 0.412. The van der Waals surface area contributed by atoms with Crippen LogP contribution in [0.5, 0.6) is 5.75 Å². The van der Waals surface area contributed by atoms with Gasteiger partial charge in [-0.05, 0) is 52.7 Å². The highest BCUT2D eigenvalue weighted by atomic mass is 79.9. The monoisotopic (exact) mass is 299 g/mol. The van der Waals surface area contributed by atoms with Gasteiger partial charge in [-0.2, -0.15) is 0 Å². The van der Waals surface area contributed by atoms with Crippen LogP contribution in [0.3, 0.4) is 0 Å². The number of hydroxylamine groups is 1. The lowest BCUT2D eigenvalue weighted by Crippen LogP contribution is -2.09. The lowest BCUT2D eigenvalue weighted by atomic mass is 9.99. The third-order valence-electron chi connectivity index (χ3n) is 3.34. The van der Waals surface area contributed by atoms with Gasteiger partial charge in [0.1, 0.15) is 5.75 Å². The molecule has 1 aromatic carbocycles. The molecule has 1 aliphatic carbocycles. The minimum Gasteiger partial charge on any atom is -0.495 e. The van der Waals surface area contributed by atoms with Crippen LogP contribution in [0.1, 0.15) is 36.0 Å². The van der Waals surface area contributed by atoms with Crippen molar-refractivity contribution in [2.45, 2.75) is 38.6 Å². The van der Waals surface area contributed by atoms with Crippen molar-refractivity contribution in [3.63, 3.8) is 0 Å². The van der Waals surface area contributed by atoms with Gasteiger partial charge in [0.25, 0.3) is 0 Å². The van der Waals surface area contributed by atoms with Crippen molar-refractivity contribution >= 4 is 15.9 Å². The Kier molecular flexibility index (Phi) is 4.42. The molecule has 0 aliphatic heterocycles. The summed E-state index contributed by atoms with van der Waals surface area (Å²) in [6.07, 6.45) is 6.01. The Labute approximate surface area is 110 Å². The standard InChI is InChI=1S/C13H18BrNO2/c1-17-13-10(8-15-16)7-9-5-3-2-4-6-11(9)12(13)14/h7,15-16H,2-6,8H2,1H3. The molecule has 0 fully saturated rings. The average molecular weight is 300 g/mol. The number of fused-ring (bicyclic) bond motifs is 1. The topological polar surface area (TPSA) is 41.5 Å². The lowest BCUT2D eigenvalue weighted by molar-refractivity contribution is 0.160. The lowest BCUT2D eigenvalue weighted by Gasteiger charge is -2.16. The van der Waals surface area contributed by atoms with Crippen LogP contribution in [0.15, 0.2) is 10.5 Å². The Morgan fingerprint density at radius 3 is 2.82 bits per heavy atom. The fourth-order valence-corrected chi connectivity index (χ4v) is 3.38. The third-order valence-corrected chi connectivity index (χ3v) is 4.18. The van der Waals surface area contributed by atoms with Crippen molar-refractivity contribution in [2.75, 3.05) is 7.11 Å². The molecule has 0 saturated heterocycles. The van der Waals surface area contributed by atoms with Crippen LogP contribution < -0.4 is 10.2 Å². The van der Waals surface area contributed by atoms with E-state index in [0.717, 1.165) is 28.6 Å². The van der Waals surface area contributed by atoms with Gasteiger partial charge in [0.05, 0.1) is 11.6 Å². The summed E-state index contributed by atoms with van der Waals surface area (Å²) in [7, 11) is 1.67. The van der Waals surface area contributed by atoms with Crippen molar-refractivity contribution < 1.29 is 9.94 Å². The summed E-state index contributed by atoms with van der Waals surface area (Å²) in [4.78, 5) is 0. The van der Waals surface area contributed by atoms with E-state index in [9.17, 15) is 0 Å². The zero-order valence-corrected chi connectivity index (χ0v) is 11.6. The molecule has 0 bridgehead atoms. The molecule has 2 rings (SSSR count). The normalized spacial score (nSPS) is 15.2. The van der Waals surface area contributed by atoms with E-state index < -0.39 is 0 Å². The van der Waals surface area contributed by atoms with Gasteiger partial charge in [-0.15, -0.1) is 0 Å². The molecule has 0 heterocycles. The molecular weight excluding hydrogens is 282 g/mol. The molecule has 0 radical (unpaired) electrons. The second-order valence-electron chi connectivity index (χ2n) is 4.42. The summed E-state index contributed by atoms with van der Waals surface area (Å²) in [5, 5.41) is 8.87. The first-order valence-electron chi connectivity index (χ1n) is 6.02. The van der Waals surface area contributed by atoms with Crippen LogP contribution in [-0.4, -0.2) is 12.3 Å². The molecule has 0 unspecified atom stereocenters.